The Kier molecular flexibility index (Phi) is 2.17. The van der Waals surface area contributed by atoms with Crippen molar-refractivity contribution in [2.24, 2.45) is 17.1 Å². The standard InChI is InChI=1S/C10H14ClNS/c1-10(2)7(4-12)9(10)8-3-6(11)5-13-8/h3,5,7,9H,4,12H2,1-2H3/t7-,9+/m0/s1. The van der Waals surface area contributed by atoms with Gasteiger partial charge in [0.15, 0.2) is 0 Å². The lowest BCUT2D eigenvalue weighted by Crippen LogP contribution is -2.05. The summed E-state index contributed by atoms with van der Waals surface area (Å²) in [5.74, 6) is 1.28. The van der Waals surface area contributed by atoms with E-state index in [1.54, 1.807) is 11.3 Å². The van der Waals surface area contributed by atoms with Gasteiger partial charge in [-0.05, 0) is 23.9 Å². The first kappa shape index (κ1) is 9.50. The van der Waals surface area contributed by atoms with Gasteiger partial charge in [0.25, 0.3) is 0 Å². The number of nitrogens with two attached hydrogens (primary N) is 1. The van der Waals surface area contributed by atoms with Crippen LogP contribution in [0, 0.1) is 11.3 Å². The van der Waals surface area contributed by atoms with E-state index in [2.05, 4.69) is 19.9 Å². The second-order valence-electron chi connectivity index (χ2n) is 4.31. The molecule has 13 heavy (non-hydrogen) atoms. The number of halogens is 1. The van der Waals surface area contributed by atoms with Gasteiger partial charge in [0.1, 0.15) is 0 Å². The van der Waals surface area contributed by atoms with Crippen molar-refractivity contribution < 1.29 is 0 Å². The fourth-order valence-corrected chi connectivity index (χ4v) is 3.68. The van der Waals surface area contributed by atoms with Crippen molar-refractivity contribution in [2.45, 2.75) is 19.8 Å². The Balaban J connectivity index is 2.21. The van der Waals surface area contributed by atoms with Crippen LogP contribution >= 0.6 is 22.9 Å². The molecule has 0 unspecified atom stereocenters. The summed E-state index contributed by atoms with van der Waals surface area (Å²) in [6.07, 6.45) is 0. The van der Waals surface area contributed by atoms with Gasteiger partial charge < -0.3 is 5.73 Å². The highest BCUT2D eigenvalue weighted by Crippen LogP contribution is 2.64. The van der Waals surface area contributed by atoms with E-state index in [4.69, 9.17) is 17.3 Å². The molecule has 2 atom stereocenters. The van der Waals surface area contributed by atoms with Gasteiger partial charge in [-0.15, -0.1) is 11.3 Å². The van der Waals surface area contributed by atoms with E-state index >= 15 is 0 Å². The van der Waals surface area contributed by atoms with Crippen LogP contribution in [0.15, 0.2) is 11.4 Å². The van der Waals surface area contributed by atoms with Crippen molar-refractivity contribution in [1.82, 2.24) is 0 Å². The molecule has 1 saturated carbocycles. The predicted molar refractivity (Wildman–Crippen MR) is 58.4 cm³/mol. The maximum atomic E-state index is 5.90. The lowest BCUT2D eigenvalue weighted by atomic mass is 10.1. The molecule has 2 rings (SSSR count). The second-order valence-corrected chi connectivity index (χ2v) is 5.69. The third-order valence-electron chi connectivity index (χ3n) is 3.20. The number of thiophene rings is 1. The number of hydrogen-bond donors (Lipinski definition) is 1. The van der Waals surface area contributed by atoms with Crippen LogP contribution < -0.4 is 5.73 Å². The van der Waals surface area contributed by atoms with Gasteiger partial charge in [-0.3, -0.25) is 0 Å². The Labute approximate surface area is 87.9 Å². The molecule has 0 amide bonds. The highest BCUT2D eigenvalue weighted by atomic mass is 35.5. The molecule has 0 aliphatic heterocycles. The molecule has 72 valence electrons. The molecule has 1 aromatic heterocycles. The highest BCUT2D eigenvalue weighted by Gasteiger charge is 2.57. The summed E-state index contributed by atoms with van der Waals surface area (Å²) in [6.45, 7) is 5.35. The van der Waals surface area contributed by atoms with Crippen molar-refractivity contribution in [3.8, 4) is 0 Å². The Bertz CT molecular complexity index is 318. The Morgan fingerprint density at radius 3 is 2.69 bits per heavy atom. The second kappa shape index (κ2) is 2.97. The molecule has 3 heteroatoms. The molecule has 1 aliphatic rings. The predicted octanol–water partition coefficient (Wildman–Crippen LogP) is 3.10. The normalized spacial score (nSPS) is 30.5. The molecule has 2 N–H and O–H groups in total. The topological polar surface area (TPSA) is 26.0 Å². The molecule has 1 heterocycles. The first-order valence-corrected chi connectivity index (χ1v) is 5.77. The van der Waals surface area contributed by atoms with Gasteiger partial charge in [-0.1, -0.05) is 25.4 Å². The molecule has 1 aliphatic carbocycles. The number of hydrogen-bond acceptors (Lipinski definition) is 2. The van der Waals surface area contributed by atoms with E-state index in [1.165, 1.54) is 4.88 Å². The quantitative estimate of drug-likeness (QED) is 0.806. The van der Waals surface area contributed by atoms with Crippen LogP contribution in [0.4, 0.5) is 0 Å². The van der Waals surface area contributed by atoms with Gasteiger partial charge in [-0.25, -0.2) is 0 Å². The van der Waals surface area contributed by atoms with Crippen molar-refractivity contribution in [3.63, 3.8) is 0 Å². The maximum Gasteiger partial charge on any atom is 0.0515 e. The van der Waals surface area contributed by atoms with E-state index in [0.29, 0.717) is 17.3 Å². The summed E-state index contributed by atoms with van der Waals surface area (Å²) in [6, 6.07) is 2.08. The monoisotopic (exact) mass is 215 g/mol. The van der Waals surface area contributed by atoms with Crippen molar-refractivity contribution >= 4 is 22.9 Å². The summed E-state index contributed by atoms with van der Waals surface area (Å²) < 4.78 is 0. The van der Waals surface area contributed by atoms with Crippen LogP contribution in [-0.4, -0.2) is 6.54 Å². The van der Waals surface area contributed by atoms with E-state index < -0.39 is 0 Å². The first-order chi connectivity index (χ1) is 6.07. The molecule has 0 radical (unpaired) electrons. The molecule has 1 aromatic rings. The van der Waals surface area contributed by atoms with E-state index in [0.717, 1.165) is 11.6 Å². The van der Waals surface area contributed by atoms with Crippen LogP contribution in [0.25, 0.3) is 0 Å². The minimum absolute atomic E-state index is 0.378. The summed E-state index contributed by atoms with van der Waals surface area (Å²) in [5.41, 5.74) is 6.09. The van der Waals surface area contributed by atoms with Gasteiger partial charge in [0, 0.05) is 16.2 Å². The summed E-state index contributed by atoms with van der Waals surface area (Å²) in [4.78, 5) is 1.39. The van der Waals surface area contributed by atoms with Crippen molar-refractivity contribution in [1.29, 1.82) is 0 Å². The Hall–Kier alpha value is -0.0500. The van der Waals surface area contributed by atoms with E-state index in [-0.39, 0.29) is 0 Å². The molecule has 0 spiro atoms. The van der Waals surface area contributed by atoms with E-state index in [1.807, 2.05) is 5.38 Å². The van der Waals surface area contributed by atoms with Crippen LogP contribution in [0.2, 0.25) is 5.02 Å². The summed E-state index contributed by atoms with van der Waals surface area (Å²) in [7, 11) is 0. The van der Waals surface area contributed by atoms with Gasteiger partial charge >= 0.3 is 0 Å². The molecular formula is C10H14ClNS. The zero-order valence-electron chi connectivity index (χ0n) is 7.88. The fraction of sp³-hybridized carbons (Fsp3) is 0.600. The van der Waals surface area contributed by atoms with Crippen molar-refractivity contribution in [2.75, 3.05) is 6.54 Å². The molecule has 1 fully saturated rings. The van der Waals surface area contributed by atoms with Crippen LogP contribution in [0.1, 0.15) is 24.6 Å². The zero-order chi connectivity index (χ0) is 9.64. The first-order valence-electron chi connectivity index (χ1n) is 4.51. The van der Waals surface area contributed by atoms with Crippen LogP contribution in [-0.2, 0) is 0 Å². The molecule has 0 bridgehead atoms. The van der Waals surface area contributed by atoms with Gasteiger partial charge in [-0.2, -0.15) is 0 Å². The third-order valence-corrected chi connectivity index (χ3v) is 4.56. The van der Waals surface area contributed by atoms with Crippen LogP contribution in [0.5, 0.6) is 0 Å². The van der Waals surface area contributed by atoms with Crippen molar-refractivity contribution in [3.05, 3.63) is 21.3 Å². The SMILES string of the molecule is CC1(C)[C@@H](CN)[C@@H]1c1cc(Cl)cs1. The average molecular weight is 216 g/mol. The largest absolute Gasteiger partial charge is 0.330 e. The smallest absolute Gasteiger partial charge is 0.0515 e. The lowest BCUT2D eigenvalue weighted by Gasteiger charge is -1.98. The Morgan fingerprint density at radius 2 is 2.31 bits per heavy atom. The van der Waals surface area contributed by atoms with Gasteiger partial charge in [0.2, 0.25) is 0 Å². The molecule has 0 saturated heterocycles. The molecular weight excluding hydrogens is 202 g/mol. The third kappa shape index (κ3) is 1.41. The van der Waals surface area contributed by atoms with E-state index in [9.17, 15) is 0 Å². The minimum atomic E-state index is 0.378. The Morgan fingerprint density at radius 1 is 1.62 bits per heavy atom. The molecule has 0 aromatic carbocycles. The fourth-order valence-electron chi connectivity index (χ4n) is 2.24. The highest BCUT2D eigenvalue weighted by molar-refractivity contribution is 7.10. The van der Waals surface area contributed by atoms with Crippen LogP contribution in [0.3, 0.4) is 0 Å². The maximum absolute atomic E-state index is 5.90. The minimum Gasteiger partial charge on any atom is -0.330 e. The number of rotatable bonds is 2. The average Bonchev–Trinajstić information content (AvgIpc) is 2.41. The lowest BCUT2D eigenvalue weighted by molar-refractivity contribution is 0.559. The zero-order valence-corrected chi connectivity index (χ0v) is 9.45. The summed E-state index contributed by atoms with van der Waals surface area (Å²) >= 11 is 7.65. The van der Waals surface area contributed by atoms with Gasteiger partial charge in [0.05, 0.1) is 5.02 Å². The summed E-state index contributed by atoms with van der Waals surface area (Å²) in [5, 5.41) is 2.86. The molecule has 1 nitrogen and oxygen atoms in total.